The fraction of sp³-hybridized carbons (Fsp3) is 0.529. The zero-order valence-corrected chi connectivity index (χ0v) is 14.1. The number of hydrogen-bond donors (Lipinski definition) is 0. The van der Waals surface area contributed by atoms with Crippen LogP contribution in [-0.2, 0) is 12.8 Å². The van der Waals surface area contributed by atoms with E-state index in [-0.39, 0.29) is 0 Å². The van der Waals surface area contributed by atoms with Crippen LogP contribution < -0.4 is 0 Å². The van der Waals surface area contributed by atoms with E-state index in [1.54, 1.807) is 11.1 Å². The summed E-state index contributed by atoms with van der Waals surface area (Å²) in [6.07, 6.45) is 6.33. The molecule has 102 valence electrons. The van der Waals surface area contributed by atoms with Gasteiger partial charge in [-0.1, -0.05) is 45.2 Å². The second kappa shape index (κ2) is 4.49. The lowest BCUT2D eigenvalue weighted by atomic mass is 9.94. The molecule has 0 saturated heterocycles. The van der Waals surface area contributed by atoms with Gasteiger partial charge in [-0.05, 0) is 53.0 Å². The molecule has 0 bridgehead atoms. The molecule has 2 aliphatic carbocycles. The molecule has 0 aliphatic heterocycles. The predicted octanol–water partition coefficient (Wildman–Crippen LogP) is 5.30. The zero-order valence-electron chi connectivity index (χ0n) is 12.4. The van der Waals surface area contributed by atoms with Crippen LogP contribution in [0.5, 0.6) is 0 Å². The summed E-state index contributed by atoms with van der Waals surface area (Å²) in [6.45, 7) is 9.15. The molecule has 0 radical (unpaired) electrons. The number of rotatable bonds is 2. The quantitative estimate of drug-likeness (QED) is 0.512. The van der Waals surface area contributed by atoms with Crippen molar-refractivity contribution in [2.24, 2.45) is 5.92 Å². The third-order valence-electron chi connectivity index (χ3n) is 4.62. The minimum Gasteiger partial charge on any atom is -0.167 e. The lowest BCUT2D eigenvalue weighted by Crippen LogP contribution is -2.26. The van der Waals surface area contributed by atoms with Crippen molar-refractivity contribution in [1.82, 2.24) is 0 Å². The second-order valence-electron chi connectivity index (χ2n) is 6.88. The third kappa shape index (κ3) is 2.21. The van der Waals surface area contributed by atoms with E-state index >= 15 is 0 Å². The monoisotopic (exact) mass is 290 g/mol. The number of benzene rings is 1. The van der Waals surface area contributed by atoms with Crippen LogP contribution >= 0.6 is 11.1 Å². The van der Waals surface area contributed by atoms with Crippen LogP contribution in [0.2, 0.25) is 13.1 Å². The third-order valence-corrected chi connectivity index (χ3v) is 7.28. The first-order valence-electron chi connectivity index (χ1n) is 7.44. The summed E-state index contributed by atoms with van der Waals surface area (Å²) in [5.74, 6) is 0.594. The van der Waals surface area contributed by atoms with Crippen molar-refractivity contribution in [1.29, 1.82) is 0 Å². The molecule has 0 N–H and O–H groups in total. The first-order valence-corrected chi connectivity index (χ1v) is 11.5. The van der Waals surface area contributed by atoms with Gasteiger partial charge in [-0.15, -0.1) is 0 Å². The summed E-state index contributed by atoms with van der Waals surface area (Å²) < 4.78 is 0. The number of aryl methyl sites for hydroxylation is 2. The van der Waals surface area contributed by atoms with Crippen molar-refractivity contribution >= 4 is 24.0 Å². The Morgan fingerprint density at radius 3 is 2.37 bits per heavy atom. The minimum atomic E-state index is -1.70. The summed E-state index contributed by atoms with van der Waals surface area (Å²) in [5.41, 5.74) is 8.21. The maximum atomic E-state index is 6.78. The largest absolute Gasteiger partial charge is 0.167 e. The molecule has 1 atom stereocenters. The molecule has 19 heavy (non-hydrogen) atoms. The van der Waals surface area contributed by atoms with E-state index in [0.29, 0.717) is 11.5 Å². The van der Waals surface area contributed by atoms with Crippen molar-refractivity contribution < 1.29 is 0 Å². The Balaban J connectivity index is 2.16. The molecule has 0 spiro atoms. The van der Waals surface area contributed by atoms with Gasteiger partial charge in [0, 0.05) is 5.54 Å². The number of fused-ring (bicyclic) bond motifs is 2. The summed E-state index contributed by atoms with van der Waals surface area (Å²) >= 11 is 6.78. The fourth-order valence-corrected chi connectivity index (χ4v) is 5.68. The molecular weight excluding hydrogens is 268 g/mol. The Morgan fingerprint density at radius 2 is 1.79 bits per heavy atom. The Morgan fingerprint density at radius 1 is 1.16 bits per heavy atom. The number of allylic oxidation sites excluding steroid dienone is 2. The first-order chi connectivity index (χ1) is 8.88. The first kappa shape index (κ1) is 13.4. The van der Waals surface area contributed by atoms with E-state index in [1.165, 1.54) is 36.0 Å². The molecule has 0 fully saturated rings. The molecule has 0 aromatic heterocycles. The van der Waals surface area contributed by atoms with Crippen LogP contribution in [0, 0.1) is 5.92 Å². The van der Waals surface area contributed by atoms with Gasteiger partial charge in [0.1, 0.15) is 0 Å². The maximum Gasteiger partial charge on any atom is 0.161 e. The topological polar surface area (TPSA) is 0 Å². The number of halogens is 1. The summed E-state index contributed by atoms with van der Waals surface area (Å²) in [5, 5.41) is 0. The highest BCUT2D eigenvalue weighted by Crippen LogP contribution is 2.46. The van der Waals surface area contributed by atoms with E-state index in [1.807, 2.05) is 0 Å². The van der Waals surface area contributed by atoms with E-state index in [4.69, 9.17) is 11.1 Å². The van der Waals surface area contributed by atoms with Gasteiger partial charge < -0.3 is 0 Å². The molecule has 0 heterocycles. The van der Waals surface area contributed by atoms with Gasteiger partial charge >= 0.3 is 0 Å². The molecule has 2 heteroatoms. The van der Waals surface area contributed by atoms with Crippen molar-refractivity contribution in [3.05, 3.63) is 40.5 Å². The Kier molecular flexibility index (Phi) is 3.18. The molecule has 0 saturated carbocycles. The lowest BCUT2D eigenvalue weighted by Gasteiger charge is -2.22. The van der Waals surface area contributed by atoms with Crippen molar-refractivity contribution in [2.45, 2.75) is 51.7 Å². The Bertz CT molecular complexity index is 549. The molecule has 1 unspecified atom stereocenters. The van der Waals surface area contributed by atoms with E-state index < -0.39 is 7.38 Å². The summed E-state index contributed by atoms with van der Waals surface area (Å²) in [4.78, 5) is 0. The van der Waals surface area contributed by atoms with Gasteiger partial charge in [-0.25, -0.2) is 0 Å². The Hall–Kier alpha value is -0.533. The average molecular weight is 291 g/mol. The maximum absolute atomic E-state index is 6.78. The van der Waals surface area contributed by atoms with Crippen molar-refractivity contribution in [2.75, 3.05) is 0 Å². The van der Waals surface area contributed by atoms with Crippen LogP contribution in [0.1, 0.15) is 48.1 Å². The van der Waals surface area contributed by atoms with E-state index in [9.17, 15) is 0 Å². The highest BCUT2D eigenvalue weighted by atomic mass is 35.6. The van der Waals surface area contributed by atoms with Crippen LogP contribution in [0.4, 0.5) is 0 Å². The van der Waals surface area contributed by atoms with Crippen LogP contribution in [0.15, 0.2) is 18.2 Å². The van der Waals surface area contributed by atoms with Crippen molar-refractivity contribution in [3.63, 3.8) is 0 Å². The highest BCUT2D eigenvalue weighted by Gasteiger charge is 2.37. The van der Waals surface area contributed by atoms with Gasteiger partial charge in [0.25, 0.3) is 0 Å². The number of hydrogen-bond acceptors (Lipinski definition) is 0. The van der Waals surface area contributed by atoms with Gasteiger partial charge in [-0.2, -0.15) is 11.1 Å². The fourth-order valence-electron chi connectivity index (χ4n) is 3.58. The smallest absolute Gasteiger partial charge is 0.161 e. The second-order valence-corrected chi connectivity index (χ2v) is 13.6. The Labute approximate surface area is 122 Å². The molecule has 0 amide bonds. The van der Waals surface area contributed by atoms with Gasteiger partial charge in [0.05, 0.1) is 0 Å². The summed E-state index contributed by atoms with van der Waals surface area (Å²) in [7, 11) is -1.70. The molecule has 2 aliphatic rings. The SMILES string of the molecule is CC(C)C1=CC([Si](C)(C)Cl)c2cc3c(cc21)CCC3. The molecule has 0 nitrogen and oxygen atoms in total. The van der Waals surface area contributed by atoms with Gasteiger partial charge in [-0.3, -0.25) is 0 Å². The van der Waals surface area contributed by atoms with E-state index in [0.717, 1.165) is 0 Å². The minimum absolute atomic E-state index is 0.493. The zero-order chi connectivity index (χ0) is 13.8. The molecular formula is C17H23ClSi. The molecule has 1 aromatic rings. The van der Waals surface area contributed by atoms with E-state index in [2.05, 4.69) is 45.2 Å². The van der Waals surface area contributed by atoms with Gasteiger partial charge in [0.2, 0.25) is 0 Å². The molecule has 1 aromatic carbocycles. The molecule has 3 rings (SSSR count). The average Bonchev–Trinajstić information content (AvgIpc) is 2.86. The van der Waals surface area contributed by atoms with Gasteiger partial charge in [0.15, 0.2) is 7.38 Å². The highest BCUT2D eigenvalue weighted by molar-refractivity contribution is 7.20. The van der Waals surface area contributed by atoms with Crippen molar-refractivity contribution in [3.8, 4) is 0 Å². The predicted molar refractivity (Wildman–Crippen MR) is 87.4 cm³/mol. The van der Waals surface area contributed by atoms with Crippen LogP contribution in [0.25, 0.3) is 5.57 Å². The van der Waals surface area contributed by atoms with Crippen LogP contribution in [0.3, 0.4) is 0 Å². The standard InChI is InChI=1S/C17H23ClSi/c1-11(2)14-10-17(19(3,4)18)16-9-13-7-5-6-12(13)8-15(14)16/h8-11,17H,5-7H2,1-4H3. The van der Waals surface area contributed by atoms with Crippen LogP contribution in [-0.4, -0.2) is 7.38 Å². The lowest BCUT2D eigenvalue weighted by molar-refractivity contribution is 0.856. The normalized spacial score (nSPS) is 21.6. The summed E-state index contributed by atoms with van der Waals surface area (Å²) in [6, 6.07) is 4.95.